The first-order valence-corrected chi connectivity index (χ1v) is 14.6. The molecule has 0 spiro atoms. The SMILES string of the molecule is CCC(CCNC(=O)[C@H](NC(=O)OCC1c2ccccc2-c2ccccc21)[C@H](C)OCc1ccccc1)CCC(=O)O. The first-order chi connectivity index (χ1) is 20.4. The van der Waals surface area contributed by atoms with Crippen molar-refractivity contribution in [3.8, 4) is 11.1 Å². The van der Waals surface area contributed by atoms with Crippen LogP contribution in [0.4, 0.5) is 4.79 Å². The fraction of sp³-hybridized carbons (Fsp3) is 0.382. The number of alkyl carbamates (subject to hydrolysis) is 1. The number of carbonyl (C=O) groups excluding carboxylic acids is 2. The van der Waals surface area contributed by atoms with Gasteiger partial charge in [0.2, 0.25) is 5.91 Å². The summed E-state index contributed by atoms with van der Waals surface area (Å²) in [5, 5.41) is 14.6. The van der Waals surface area contributed by atoms with Gasteiger partial charge in [0, 0.05) is 18.9 Å². The Morgan fingerprint density at radius 2 is 1.50 bits per heavy atom. The zero-order valence-corrected chi connectivity index (χ0v) is 24.3. The number of amides is 2. The van der Waals surface area contributed by atoms with E-state index in [0.717, 1.165) is 34.2 Å². The van der Waals surface area contributed by atoms with Gasteiger partial charge < -0.3 is 25.2 Å². The Kier molecular flexibility index (Phi) is 11.1. The number of carboxylic acids is 1. The summed E-state index contributed by atoms with van der Waals surface area (Å²) in [5.74, 6) is -1.12. The lowest BCUT2D eigenvalue weighted by molar-refractivity contribution is -0.137. The molecule has 0 saturated heterocycles. The highest BCUT2D eigenvalue weighted by Gasteiger charge is 2.31. The Balaban J connectivity index is 1.38. The van der Waals surface area contributed by atoms with Crippen molar-refractivity contribution in [2.75, 3.05) is 13.2 Å². The van der Waals surface area contributed by atoms with Crippen LogP contribution in [0.1, 0.15) is 62.1 Å². The Bertz CT molecular complexity index is 1300. The van der Waals surface area contributed by atoms with Crippen molar-refractivity contribution in [2.24, 2.45) is 5.92 Å². The molecule has 0 aliphatic heterocycles. The van der Waals surface area contributed by atoms with E-state index in [1.54, 1.807) is 6.92 Å². The third-order valence-corrected chi connectivity index (χ3v) is 7.92. The maximum atomic E-state index is 13.3. The van der Waals surface area contributed by atoms with E-state index < -0.39 is 24.2 Å². The monoisotopic (exact) mass is 572 g/mol. The molecule has 0 bridgehead atoms. The minimum atomic E-state index is -0.983. The molecule has 3 atom stereocenters. The molecule has 3 N–H and O–H groups in total. The number of hydrogen-bond donors (Lipinski definition) is 3. The summed E-state index contributed by atoms with van der Waals surface area (Å²) in [5.41, 5.74) is 5.43. The van der Waals surface area contributed by atoms with Crippen molar-refractivity contribution in [3.63, 3.8) is 0 Å². The van der Waals surface area contributed by atoms with Gasteiger partial charge in [-0.15, -0.1) is 0 Å². The second-order valence-corrected chi connectivity index (χ2v) is 10.7. The predicted molar refractivity (Wildman–Crippen MR) is 161 cm³/mol. The van der Waals surface area contributed by atoms with Gasteiger partial charge in [-0.25, -0.2) is 4.79 Å². The average molecular weight is 573 g/mol. The zero-order valence-electron chi connectivity index (χ0n) is 24.3. The van der Waals surface area contributed by atoms with Gasteiger partial charge in [-0.05, 0) is 53.5 Å². The van der Waals surface area contributed by atoms with Gasteiger partial charge in [0.1, 0.15) is 12.6 Å². The number of benzene rings is 3. The summed E-state index contributed by atoms with van der Waals surface area (Å²) in [4.78, 5) is 37.3. The summed E-state index contributed by atoms with van der Waals surface area (Å²) in [6.45, 7) is 4.54. The molecule has 3 aromatic rings. The third kappa shape index (κ3) is 8.19. The summed E-state index contributed by atoms with van der Waals surface area (Å²) in [6.07, 6.45) is 0.788. The van der Waals surface area contributed by atoms with Gasteiger partial charge in [-0.1, -0.05) is 92.2 Å². The quantitative estimate of drug-likeness (QED) is 0.209. The fourth-order valence-corrected chi connectivity index (χ4v) is 5.45. The number of fused-ring (bicyclic) bond motifs is 3. The standard InChI is InChI=1S/C34H40N2O6/c1-3-24(17-18-31(37)38)19-20-35-33(39)32(23(2)41-21-25-11-5-4-6-12-25)36-34(40)42-22-30-28-15-9-7-13-26(28)27-14-8-10-16-29(27)30/h4-16,23-24,30,32H,3,17-22H2,1-2H3,(H,35,39)(H,36,40)(H,37,38)/t23-,24?,32+/m0/s1. The Labute approximate surface area is 247 Å². The van der Waals surface area contributed by atoms with Crippen molar-refractivity contribution < 1.29 is 29.0 Å². The van der Waals surface area contributed by atoms with E-state index >= 15 is 0 Å². The van der Waals surface area contributed by atoms with Gasteiger partial charge in [-0.3, -0.25) is 9.59 Å². The van der Waals surface area contributed by atoms with Crippen LogP contribution in [0.2, 0.25) is 0 Å². The first kappa shape index (κ1) is 30.8. The van der Waals surface area contributed by atoms with E-state index in [0.29, 0.717) is 19.4 Å². The van der Waals surface area contributed by atoms with E-state index in [1.165, 1.54) is 0 Å². The van der Waals surface area contributed by atoms with Crippen molar-refractivity contribution in [2.45, 2.75) is 64.2 Å². The Morgan fingerprint density at radius 3 is 2.12 bits per heavy atom. The normalized spacial score (nSPS) is 14.2. The van der Waals surface area contributed by atoms with Crippen molar-refractivity contribution in [3.05, 3.63) is 95.6 Å². The maximum absolute atomic E-state index is 13.3. The molecule has 42 heavy (non-hydrogen) atoms. The van der Waals surface area contributed by atoms with Crippen molar-refractivity contribution in [1.82, 2.24) is 10.6 Å². The highest BCUT2D eigenvalue weighted by molar-refractivity contribution is 5.86. The summed E-state index contributed by atoms with van der Waals surface area (Å²) in [7, 11) is 0. The number of rotatable bonds is 15. The largest absolute Gasteiger partial charge is 0.481 e. The minimum absolute atomic E-state index is 0.0982. The lowest BCUT2D eigenvalue weighted by Crippen LogP contribution is -2.53. The molecule has 0 radical (unpaired) electrons. The molecular weight excluding hydrogens is 532 g/mol. The highest BCUT2D eigenvalue weighted by Crippen LogP contribution is 2.44. The summed E-state index contributed by atoms with van der Waals surface area (Å²) < 4.78 is 11.7. The number of aliphatic carboxylic acids is 1. The molecule has 2 amide bonds. The van der Waals surface area contributed by atoms with Gasteiger partial charge in [-0.2, -0.15) is 0 Å². The molecule has 8 heteroatoms. The van der Waals surface area contributed by atoms with Crippen LogP contribution in [-0.4, -0.2) is 48.4 Å². The summed E-state index contributed by atoms with van der Waals surface area (Å²) >= 11 is 0. The van der Waals surface area contributed by atoms with Crippen LogP contribution in [0.25, 0.3) is 11.1 Å². The van der Waals surface area contributed by atoms with Crippen LogP contribution < -0.4 is 10.6 Å². The predicted octanol–water partition coefficient (Wildman–Crippen LogP) is 5.90. The average Bonchev–Trinajstić information content (AvgIpc) is 3.33. The molecule has 0 saturated carbocycles. The molecule has 3 aromatic carbocycles. The van der Waals surface area contributed by atoms with E-state index in [4.69, 9.17) is 14.6 Å². The number of carboxylic acid groups (broad SMARTS) is 1. The molecule has 222 valence electrons. The molecular formula is C34H40N2O6. The van der Waals surface area contributed by atoms with Crippen molar-refractivity contribution in [1.29, 1.82) is 0 Å². The highest BCUT2D eigenvalue weighted by atomic mass is 16.5. The molecule has 4 rings (SSSR count). The first-order valence-electron chi connectivity index (χ1n) is 14.6. The van der Waals surface area contributed by atoms with E-state index in [1.807, 2.05) is 61.5 Å². The van der Waals surface area contributed by atoms with Crippen LogP contribution in [0.15, 0.2) is 78.9 Å². The van der Waals surface area contributed by atoms with Crippen LogP contribution in [0.3, 0.4) is 0 Å². The minimum Gasteiger partial charge on any atom is -0.481 e. The second-order valence-electron chi connectivity index (χ2n) is 10.7. The molecule has 0 heterocycles. The van der Waals surface area contributed by atoms with Gasteiger partial charge >= 0.3 is 12.1 Å². The molecule has 0 fully saturated rings. The molecule has 0 aromatic heterocycles. The van der Waals surface area contributed by atoms with Crippen molar-refractivity contribution >= 4 is 18.0 Å². The number of nitrogens with one attached hydrogen (secondary N) is 2. The van der Waals surface area contributed by atoms with Gasteiger partial charge in [0.15, 0.2) is 0 Å². The summed E-state index contributed by atoms with van der Waals surface area (Å²) in [6, 6.07) is 24.8. The van der Waals surface area contributed by atoms with E-state index in [2.05, 4.69) is 34.9 Å². The van der Waals surface area contributed by atoms with E-state index in [9.17, 15) is 14.4 Å². The topological polar surface area (TPSA) is 114 Å². The van der Waals surface area contributed by atoms with Crippen LogP contribution in [0.5, 0.6) is 0 Å². The Hall–Kier alpha value is -4.17. The molecule has 1 aliphatic rings. The van der Waals surface area contributed by atoms with Gasteiger partial charge in [0.05, 0.1) is 12.7 Å². The maximum Gasteiger partial charge on any atom is 0.407 e. The third-order valence-electron chi connectivity index (χ3n) is 7.92. The smallest absolute Gasteiger partial charge is 0.407 e. The van der Waals surface area contributed by atoms with Crippen LogP contribution in [0, 0.1) is 5.92 Å². The van der Waals surface area contributed by atoms with Crippen LogP contribution in [-0.2, 0) is 25.7 Å². The molecule has 1 aliphatic carbocycles. The van der Waals surface area contributed by atoms with Crippen LogP contribution >= 0.6 is 0 Å². The number of ether oxygens (including phenoxy) is 2. The fourth-order valence-electron chi connectivity index (χ4n) is 5.45. The number of carbonyl (C=O) groups is 3. The van der Waals surface area contributed by atoms with E-state index in [-0.39, 0.29) is 37.4 Å². The Morgan fingerprint density at radius 1 is 0.881 bits per heavy atom. The number of hydrogen-bond acceptors (Lipinski definition) is 5. The lowest BCUT2D eigenvalue weighted by atomic mass is 9.96. The molecule has 8 nitrogen and oxygen atoms in total. The van der Waals surface area contributed by atoms with Gasteiger partial charge in [0.25, 0.3) is 0 Å². The lowest BCUT2D eigenvalue weighted by Gasteiger charge is -2.25. The molecule has 1 unspecified atom stereocenters. The zero-order chi connectivity index (χ0) is 29.9. The second kappa shape index (κ2) is 15.2.